The van der Waals surface area contributed by atoms with Gasteiger partial charge in [0.15, 0.2) is 0 Å². The Morgan fingerprint density at radius 1 is 1.13 bits per heavy atom. The zero-order chi connectivity index (χ0) is 11.9. The van der Waals surface area contributed by atoms with Crippen LogP contribution in [0, 0.1) is 5.82 Å². The fourth-order valence-electron chi connectivity index (χ4n) is 1.01. The van der Waals surface area contributed by atoms with Crippen molar-refractivity contribution in [3.05, 3.63) is 29.6 Å². The second-order valence-electron chi connectivity index (χ2n) is 3.45. The van der Waals surface area contributed by atoms with Gasteiger partial charge in [-0.2, -0.15) is 22.2 Å². The van der Waals surface area contributed by atoms with E-state index in [9.17, 15) is 17.6 Å². The number of halogens is 4. The van der Waals surface area contributed by atoms with E-state index in [0.717, 1.165) is 12.1 Å². The van der Waals surface area contributed by atoms with E-state index in [1.165, 1.54) is 0 Å². The largest absolute Gasteiger partial charge is 0.416 e. The average Bonchev–Trinajstić information content (AvgIpc) is 1.99. The summed E-state index contributed by atoms with van der Waals surface area (Å²) in [6, 6.07) is 2.53. The number of thiol groups is 1. The van der Waals surface area contributed by atoms with Crippen LogP contribution < -0.4 is 0 Å². The summed E-state index contributed by atoms with van der Waals surface area (Å²) >= 11 is 4.18. The van der Waals surface area contributed by atoms with Crippen molar-refractivity contribution in [2.75, 3.05) is 12.5 Å². The minimum atomic E-state index is -4.52. The summed E-state index contributed by atoms with van der Waals surface area (Å²) in [7, 11) is -1.65. The Kier molecular flexibility index (Phi) is 3.30. The summed E-state index contributed by atoms with van der Waals surface area (Å²) in [5.74, 6) is -0.880. The van der Waals surface area contributed by atoms with Crippen molar-refractivity contribution >= 4 is 20.7 Å². The van der Waals surface area contributed by atoms with E-state index < -0.39 is 26.6 Å². The second-order valence-corrected chi connectivity index (χ2v) is 9.20. The summed E-state index contributed by atoms with van der Waals surface area (Å²) in [6.45, 7) is 0. The number of hydrogen-bond acceptors (Lipinski definition) is 1. The summed E-state index contributed by atoms with van der Waals surface area (Å²) in [6.07, 6.45) is -1.15. The molecule has 0 radical (unpaired) electrons. The summed E-state index contributed by atoms with van der Waals surface area (Å²) < 4.78 is 50.0. The van der Waals surface area contributed by atoms with E-state index in [2.05, 4.69) is 11.7 Å². The highest BCUT2D eigenvalue weighted by Gasteiger charge is 2.32. The summed E-state index contributed by atoms with van der Waals surface area (Å²) in [5.41, 5.74) is -0.966. The predicted molar refractivity (Wildman–Crippen MR) is 58.1 cm³/mol. The van der Waals surface area contributed by atoms with E-state index in [0.29, 0.717) is 6.07 Å². The van der Waals surface area contributed by atoms with Gasteiger partial charge in [0.05, 0.1) is 5.56 Å². The molecular weight excluding hydrogens is 248 g/mol. The lowest BCUT2D eigenvalue weighted by atomic mass is 10.2. The van der Waals surface area contributed by atoms with Crippen LogP contribution >= 0.6 is 20.7 Å². The molecule has 0 heterocycles. The number of rotatable bonds is 1. The van der Waals surface area contributed by atoms with Crippen LogP contribution in [0.4, 0.5) is 17.6 Å². The molecule has 86 valence electrons. The van der Waals surface area contributed by atoms with Gasteiger partial charge < -0.3 is 0 Å². The Hall–Kier alpha value is -0.360. The first-order valence-corrected chi connectivity index (χ1v) is 7.44. The monoisotopic (exact) mass is 258 g/mol. The van der Waals surface area contributed by atoms with Gasteiger partial charge in [-0.3, -0.25) is 0 Å². The summed E-state index contributed by atoms with van der Waals surface area (Å²) in [5, 5.41) is 0. The molecule has 1 aromatic rings. The second kappa shape index (κ2) is 3.90. The van der Waals surface area contributed by atoms with Gasteiger partial charge in [-0.1, -0.05) is 0 Å². The van der Waals surface area contributed by atoms with Crippen molar-refractivity contribution < 1.29 is 17.6 Å². The third kappa shape index (κ3) is 3.31. The van der Waals surface area contributed by atoms with Crippen molar-refractivity contribution in [2.45, 2.75) is 11.1 Å². The fourth-order valence-corrected chi connectivity index (χ4v) is 2.15. The minimum Gasteiger partial charge on any atom is -0.207 e. The zero-order valence-electron chi connectivity index (χ0n) is 8.10. The summed E-state index contributed by atoms with van der Waals surface area (Å²) in [4.78, 5) is 0.290. The number of benzene rings is 1. The highest BCUT2D eigenvalue weighted by molar-refractivity contribution is 8.87. The van der Waals surface area contributed by atoms with Crippen LogP contribution in [0.5, 0.6) is 0 Å². The van der Waals surface area contributed by atoms with Gasteiger partial charge in [0.25, 0.3) is 0 Å². The SMILES string of the molecule is CS(C)(S)c1cc(F)cc(C(F)(F)F)c1. The fraction of sp³-hybridized carbons (Fsp3) is 0.333. The molecule has 0 atom stereocenters. The molecule has 0 aliphatic carbocycles. The van der Waals surface area contributed by atoms with Crippen molar-refractivity contribution in [3.8, 4) is 0 Å². The highest BCUT2D eigenvalue weighted by Crippen LogP contribution is 2.54. The molecule has 0 bridgehead atoms. The molecule has 0 saturated heterocycles. The third-order valence-electron chi connectivity index (χ3n) is 1.78. The maximum atomic E-state index is 13.0. The number of alkyl halides is 3. The van der Waals surface area contributed by atoms with E-state index in [-0.39, 0.29) is 4.90 Å². The van der Waals surface area contributed by atoms with Crippen LogP contribution in [-0.2, 0) is 6.18 Å². The minimum absolute atomic E-state index is 0.290. The first-order chi connectivity index (χ1) is 6.60. The molecule has 0 saturated carbocycles. The van der Waals surface area contributed by atoms with Gasteiger partial charge in [0.1, 0.15) is 5.82 Å². The normalized spacial score (nSPS) is 14.1. The lowest BCUT2D eigenvalue weighted by molar-refractivity contribution is -0.137. The van der Waals surface area contributed by atoms with E-state index in [4.69, 9.17) is 0 Å². The predicted octanol–water partition coefficient (Wildman–Crippen LogP) is 4.11. The zero-order valence-corrected chi connectivity index (χ0v) is 9.81. The van der Waals surface area contributed by atoms with Crippen molar-refractivity contribution in [1.82, 2.24) is 0 Å². The Morgan fingerprint density at radius 2 is 1.67 bits per heavy atom. The molecule has 0 fully saturated rings. The Balaban J connectivity index is 3.30. The molecular formula is C9H10F4S2. The van der Waals surface area contributed by atoms with Crippen LogP contribution in [0.2, 0.25) is 0 Å². The molecule has 1 rings (SSSR count). The van der Waals surface area contributed by atoms with Crippen molar-refractivity contribution in [3.63, 3.8) is 0 Å². The molecule has 0 aromatic heterocycles. The lowest BCUT2D eigenvalue weighted by Crippen LogP contribution is -2.06. The quantitative estimate of drug-likeness (QED) is 0.437. The van der Waals surface area contributed by atoms with Gasteiger partial charge in [-0.15, -0.1) is 11.7 Å². The van der Waals surface area contributed by atoms with Crippen LogP contribution in [-0.4, -0.2) is 12.5 Å². The lowest BCUT2D eigenvalue weighted by Gasteiger charge is -2.25. The molecule has 0 aliphatic heterocycles. The van der Waals surface area contributed by atoms with E-state index in [1.807, 2.05) is 0 Å². The van der Waals surface area contributed by atoms with Crippen molar-refractivity contribution in [2.24, 2.45) is 0 Å². The first-order valence-electron chi connectivity index (χ1n) is 3.94. The van der Waals surface area contributed by atoms with Gasteiger partial charge in [-0.05, 0) is 30.7 Å². The third-order valence-corrected chi connectivity index (χ3v) is 3.80. The maximum Gasteiger partial charge on any atom is 0.416 e. The topological polar surface area (TPSA) is 0 Å². The molecule has 15 heavy (non-hydrogen) atoms. The van der Waals surface area contributed by atoms with Gasteiger partial charge in [0.2, 0.25) is 0 Å². The maximum absolute atomic E-state index is 13.0. The molecule has 0 spiro atoms. The van der Waals surface area contributed by atoms with Gasteiger partial charge >= 0.3 is 6.18 Å². The van der Waals surface area contributed by atoms with Crippen LogP contribution in [0.3, 0.4) is 0 Å². The van der Waals surface area contributed by atoms with Crippen molar-refractivity contribution in [1.29, 1.82) is 0 Å². The number of hydrogen-bond donors (Lipinski definition) is 1. The van der Waals surface area contributed by atoms with Gasteiger partial charge in [-0.25, -0.2) is 4.39 Å². The first kappa shape index (κ1) is 12.7. The van der Waals surface area contributed by atoms with Gasteiger partial charge in [0, 0.05) is 4.90 Å². The molecule has 6 heteroatoms. The molecule has 0 N–H and O–H groups in total. The molecule has 1 aromatic carbocycles. The van der Waals surface area contributed by atoms with E-state index >= 15 is 0 Å². The average molecular weight is 258 g/mol. The standard InChI is InChI=1S/C9H10F4S2/c1-15(2,14)8-4-6(9(11,12)13)3-7(10)5-8/h3-5,14H,1-2H3. The Bertz CT molecular complexity index is 333. The molecule has 0 aliphatic rings. The molecule has 0 nitrogen and oxygen atoms in total. The smallest absolute Gasteiger partial charge is 0.207 e. The molecule has 0 amide bonds. The van der Waals surface area contributed by atoms with Crippen LogP contribution in [0.15, 0.2) is 23.1 Å². The molecule has 0 unspecified atom stereocenters. The van der Waals surface area contributed by atoms with E-state index in [1.54, 1.807) is 12.5 Å². The highest BCUT2D eigenvalue weighted by atomic mass is 33.1. The Labute approximate surface area is 91.8 Å². The Morgan fingerprint density at radius 3 is 2.07 bits per heavy atom. The van der Waals surface area contributed by atoms with Crippen LogP contribution in [0.1, 0.15) is 5.56 Å². The van der Waals surface area contributed by atoms with Crippen LogP contribution in [0.25, 0.3) is 0 Å².